The van der Waals surface area contributed by atoms with Crippen LogP contribution < -0.4 is 0 Å². The van der Waals surface area contributed by atoms with Crippen molar-refractivity contribution in [2.45, 2.75) is 31.3 Å². The van der Waals surface area contributed by atoms with Crippen LogP contribution in [0.4, 0.5) is 0 Å². The van der Waals surface area contributed by atoms with Gasteiger partial charge >= 0.3 is 0 Å². The van der Waals surface area contributed by atoms with E-state index in [0.717, 1.165) is 44.6 Å². The van der Waals surface area contributed by atoms with Crippen molar-refractivity contribution < 1.29 is 8.42 Å². The van der Waals surface area contributed by atoms with Gasteiger partial charge in [-0.2, -0.15) is 4.31 Å². The van der Waals surface area contributed by atoms with Crippen molar-refractivity contribution in [1.82, 2.24) is 14.2 Å². The highest BCUT2D eigenvalue weighted by Gasteiger charge is 2.50. The Labute approximate surface area is 120 Å². The van der Waals surface area contributed by atoms with Crippen LogP contribution in [0, 0.1) is 0 Å². The Morgan fingerprint density at radius 2 is 1.90 bits per heavy atom. The first-order valence-corrected chi connectivity index (χ1v) is 8.95. The molecule has 2 fully saturated rings. The number of sulfonamides is 1. The first-order chi connectivity index (χ1) is 9.50. The summed E-state index contributed by atoms with van der Waals surface area (Å²) >= 11 is 0. The van der Waals surface area contributed by atoms with Gasteiger partial charge in [0, 0.05) is 37.9 Å². The SMILES string of the molecule is CS(=O)(=O)N1CCC12CCN(Cc1ccccn1)CC2. The Morgan fingerprint density at radius 1 is 1.20 bits per heavy atom. The minimum Gasteiger partial charge on any atom is -0.297 e. The number of nitrogens with zero attached hydrogens (tertiary/aromatic N) is 3. The average Bonchev–Trinajstić information content (AvgIpc) is 2.38. The highest BCUT2D eigenvalue weighted by Crippen LogP contribution is 2.41. The van der Waals surface area contributed by atoms with Crippen molar-refractivity contribution in [3.63, 3.8) is 0 Å². The van der Waals surface area contributed by atoms with Crippen LogP contribution in [0.1, 0.15) is 25.0 Å². The molecule has 6 heteroatoms. The van der Waals surface area contributed by atoms with Crippen LogP contribution in [0.25, 0.3) is 0 Å². The summed E-state index contributed by atoms with van der Waals surface area (Å²) in [6, 6.07) is 5.97. The predicted octanol–water partition coefficient (Wildman–Crippen LogP) is 1.08. The van der Waals surface area contributed by atoms with E-state index in [1.165, 1.54) is 6.26 Å². The second-order valence-electron chi connectivity index (χ2n) is 5.91. The van der Waals surface area contributed by atoms with E-state index < -0.39 is 10.0 Å². The molecule has 2 aliphatic heterocycles. The summed E-state index contributed by atoms with van der Waals surface area (Å²) in [6.45, 7) is 3.44. The lowest BCUT2D eigenvalue weighted by Crippen LogP contribution is -2.65. The fourth-order valence-electron chi connectivity index (χ4n) is 3.38. The molecule has 0 bridgehead atoms. The van der Waals surface area contributed by atoms with Gasteiger partial charge < -0.3 is 0 Å². The van der Waals surface area contributed by atoms with Crippen LogP contribution in [-0.4, -0.2) is 54.0 Å². The van der Waals surface area contributed by atoms with Gasteiger partial charge in [-0.05, 0) is 31.4 Å². The number of likely N-dealkylation sites (tertiary alicyclic amines) is 1. The zero-order chi connectivity index (χ0) is 14.2. The number of rotatable bonds is 3. The zero-order valence-corrected chi connectivity index (χ0v) is 12.6. The molecule has 3 rings (SSSR count). The molecule has 110 valence electrons. The molecule has 0 unspecified atom stereocenters. The van der Waals surface area contributed by atoms with Crippen LogP contribution in [0.15, 0.2) is 24.4 Å². The maximum Gasteiger partial charge on any atom is 0.211 e. The molecule has 2 saturated heterocycles. The summed E-state index contributed by atoms with van der Waals surface area (Å²) in [5.41, 5.74) is 0.991. The van der Waals surface area contributed by atoms with Crippen molar-refractivity contribution in [2.75, 3.05) is 25.9 Å². The fraction of sp³-hybridized carbons (Fsp3) is 0.643. The molecule has 3 heterocycles. The summed E-state index contributed by atoms with van der Waals surface area (Å²) in [6.07, 6.45) is 6.03. The lowest BCUT2D eigenvalue weighted by atomic mass is 9.79. The number of pyridine rings is 1. The topological polar surface area (TPSA) is 53.5 Å². The van der Waals surface area contributed by atoms with E-state index in [4.69, 9.17) is 0 Å². The van der Waals surface area contributed by atoms with E-state index in [-0.39, 0.29) is 5.54 Å². The van der Waals surface area contributed by atoms with Crippen LogP contribution in [0.5, 0.6) is 0 Å². The first kappa shape index (κ1) is 14.0. The van der Waals surface area contributed by atoms with Gasteiger partial charge in [-0.1, -0.05) is 6.07 Å². The number of hydrogen-bond acceptors (Lipinski definition) is 4. The van der Waals surface area contributed by atoms with Gasteiger partial charge in [-0.25, -0.2) is 8.42 Å². The number of hydrogen-bond donors (Lipinski definition) is 0. The molecule has 0 N–H and O–H groups in total. The molecule has 2 aliphatic rings. The van der Waals surface area contributed by atoms with E-state index in [2.05, 4.69) is 9.88 Å². The van der Waals surface area contributed by atoms with Crippen LogP contribution in [-0.2, 0) is 16.6 Å². The zero-order valence-electron chi connectivity index (χ0n) is 11.8. The minimum atomic E-state index is -3.05. The molecule has 1 aromatic rings. The third kappa shape index (κ3) is 2.60. The first-order valence-electron chi connectivity index (χ1n) is 7.10. The predicted molar refractivity (Wildman–Crippen MR) is 77.6 cm³/mol. The van der Waals surface area contributed by atoms with Crippen molar-refractivity contribution in [3.8, 4) is 0 Å². The van der Waals surface area contributed by atoms with E-state index in [1.807, 2.05) is 24.4 Å². The molecule has 5 nitrogen and oxygen atoms in total. The Bertz CT molecular complexity index is 565. The van der Waals surface area contributed by atoms with E-state index in [9.17, 15) is 8.42 Å². The monoisotopic (exact) mass is 295 g/mol. The molecule has 20 heavy (non-hydrogen) atoms. The summed E-state index contributed by atoms with van der Waals surface area (Å²) in [5, 5.41) is 0. The van der Waals surface area contributed by atoms with Crippen molar-refractivity contribution in [2.24, 2.45) is 0 Å². The second-order valence-corrected chi connectivity index (χ2v) is 7.81. The van der Waals surface area contributed by atoms with Crippen molar-refractivity contribution >= 4 is 10.0 Å². The molecule has 0 atom stereocenters. The quantitative estimate of drug-likeness (QED) is 0.837. The molecule has 0 saturated carbocycles. The van der Waals surface area contributed by atoms with Crippen molar-refractivity contribution in [1.29, 1.82) is 0 Å². The third-order valence-corrected chi connectivity index (χ3v) is 5.98. The highest BCUT2D eigenvalue weighted by atomic mass is 32.2. The summed E-state index contributed by atoms with van der Waals surface area (Å²) < 4.78 is 25.2. The molecule has 0 aromatic carbocycles. The minimum absolute atomic E-state index is 0.0891. The van der Waals surface area contributed by atoms with Gasteiger partial charge in [-0.15, -0.1) is 0 Å². The van der Waals surface area contributed by atoms with Gasteiger partial charge in [0.15, 0.2) is 0 Å². The second kappa shape index (κ2) is 5.09. The van der Waals surface area contributed by atoms with Gasteiger partial charge in [0.1, 0.15) is 0 Å². The third-order valence-electron chi connectivity index (χ3n) is 4.61. The van der Waals surface area contributed by atoms with Gasteiger partial charge in [0.05, 0.1) is 11.9 Å². The maximum absolute atomic E-state index is 11.8. The van der Waals surface area contributed by atoms with E-state index in [1.54, 1.807) is 4.31 Å². The van der Waals surface area contributed by atoms with Gasteiger partial charge in [-0.3, -0.25) is 9.88 Å². The fourth-order valence-corrected chi connectivity index (χ4v) is 4.78. The summed E-state index contributed by atoms with van der Waals surface area (Å²) in [7, 11) is -3.05. The molecule has 0 amide bonds. The smallest absolute Gasteiger partial charge is 0.211 e. The molecule has 0 aliphatic carbocycles. The lowest BCUT2D eigenvalue weighted by Gasteiger charge is -2.54. The lowest BCUT2D eigenvalue weighted by molar-refractivity contribution is 0.00270. The van der Waals surface area contributed by atoms with Gasteiger partial charge in [0.2, 0.25) is 10.0 Å². The molecule has 0 radical (unpaired) electrons. The van der Waals surface area contributed by atoms with Gasteiger partial charge in [0.25, 0.3) is 0 Å². The van der Waals surface area contributed by atoms with E-state index in [0.29, 0.717) is 6.54 Å². The number of aromatic nitrogens is 1. The van der Waals surface area contributed by atoms with Crippen molar-refractivity contribution in [3.05, 3.63) is 30.1 Å². The Balaban J connectivity index is 1.60. The Hall–Kier alpha value is -0.980. The van der Waals surface area contributed by atoms with E-state index >= 15 is 0 Å². The molecular weight excluding hydrogens is 274 g/mol. The highest BCUT2D eigenvalue weighted by molar-refractivity contribution is 7.88. The van der Waals surface area contributed by atoms with Crippen LogP contribution >= 0.6 is 0 Å². The normalized spacial score (nSPS) is 23.6. The largest absolute Gasteiger partial charge is 0.297 e. The summed E-state index contributed by atoms with van der Waals surface area (Å²) in [4.78, 5) is 6.72. The Kier molecular flexibility index (Phi) is 3.56. The molecule has 1 aromatic heterocycles. The maximum atomic E-state index is 11.8. The number of piperidine rings is 1. The molecular formula is C14H21N3O2S. The average molecular weight is 295 g/mol. The summed E-state index contributed by atoms with van der Waals surface area (Å²) in [5.74, 6) is 0. The Morgan fingerprint density at radius 3 is 2.40 bits per heavy atom. The standard InChI is InChI=1S/C14H21N3O2S/c1-20(18,19)17-11-7-14(17)5-9-16(10-6-14)12-13-4-2-3-8-15-13/h2-4,8H,5-7,9-12H2,1H3. The van der Waals surface area contributed by atoms with Crippen LogP contribution in [0.3, 0.4) is 0 Å². The van der Waals surface area contributed by atoms with Crippen LogP contribution in [0.2, 0.25) is 0 Å². The molecule has 1 spiro atoms.